The van der Waals surface area contributed by atoms with Gasteiger partial charge >= 0.3 is 6.01 Å². The summed E-state index contributed by atoms with van der Waals surface area (Å²) < 4.78 is 25.4. The molecule has 2 fully saturated rings. The van der Waals surface area contributed by atoms with Crippen LogP contribution >= 0.6 is 0 Å². The van der Waals surface area contributed by atoms with Crippen LogP contribution in [0.25, 0.3) is 11.3 Å². The maximum atomic E-state index is 13.3. The summed E-state index contributed by atoms with van der Waals surface area (Å²) in [5, 5.41) is 6.93. The van der Waals surface area contributed by atoms with E-state index >= 15 is 0 Å². The van der Waals surface area contributed by atoms with Gasteiger partial charge in [0, 0.05) is 43.9 Å². The van der Waals surface area contributed by atoms with Gasteiger partial charge in [-0.05, 0) is 43.2 Å². The van der Waals surface area contributed by atoms with Crippen molar-refractivity contribution >= 4 is 5.91 Å². The van der Waals surface area contributed by atoms with Crippen LogP contribution in [0.1, 0.15) is 36.0 Å². The first-order valence-electron chi connectivity index (χ1n) is 10.8. The Morgan fingerprint density at radius 3 is 2.69 bits per heavy atom. The monoisotopic (exact) mass is 437 g/mol. The summed E-state index contributed by atoms with van der Waals surface area (Å²) in [5.74, 6) is -0.412. The topological polar surface area (TPSA) is 93.2 Å². The summed E-state index contributed by atoms with van der Waals surface area (Å²) in [6, 6.07) is 8.15. The van der Waals surface area contributed by atoms with Gasteiger partial charge < -0.3 is 14.4 Å². The van der Waals surface area contributed by atoms with Gasteiger partial charge in [-0.1, -0.05) is 0 Å². The predicted octanol–water partition coefficient (Wildman–Crippen LogP) is 3.24. The Morgan fingerprint density at radius 1 is 1.19 bits per heavy atom. The number of ether oxygens (including phenoxy) is 2. The highest BCUT2D eigenvalue weighted by molar-refractivity contribution is 5.99. The molecular weight excluding hydrogens is 413 g/mol. The predicted molar refractivity (Wildman–Crippen MR) is 113 cm³/mol. The zero-order chi connectivity index (χ0) is 22.0. The van der Waals surface area contributed by atoms with E-state index in [0.717, 1.165) is 31.2 Å². The van der Waals surface area contributed by atoms with Gasteiger partial charge in [-0.25, -0.2) is 14.4 Å². The first-order chi connectivity index (χ1) is 15.6. The van der Waals surface area contributed by atoms with Gasteiger partial charge in [0.2, 0.25) is 0 Å². The minimum absolute atomic E-state index is 0.00708. The molecule has 0 aliphatic carbocycles. The van der Waals surface area contributed by atoms with E-state index in [-0.39, 0.29) is 23.4 Å². The molecule has 1 atom stereocenters. The standard InChI is InChI=1S/C23H24FN5O3/c24-17-4-2-16(3-5-17)20-19(15-27-28-20)21(30)29-11-7-23(8-12-29)14-18(6-13-31-23)32-22-25-9-1-10-26-22/h1-5,9-10,15,18H,6-8,11-14H2,(H,27,28). The fourth-order valence-electron chi connectivity index (χ4n) is 4.50. The smallest absolute Gasteiger partial charge is 0.316 e. The molecule has 2 aliphatic rings. The van der Waals surface area contributed by atoms with Crippen LogP contribution < -0.4 is 4.74 Å². The number of nitrogens with one attached hydrogen (secondary N) is 1. The highest BCUT2D eigenvalue weighted by Crippen LogP contribution is 2.37. The van der Waals surface area contributed by atoms with E-state index in [1.165, 1.54) is 18.3 Å². The molecule has 9 heteroatoms. The fourth-order valence-corrected chi connectivity index (χ4v) is 4.50. The van der Waals surface area contributed by atoms with Crippen molar-refractivity contribution in [2.24, 2.45) is 0 Å². The minimum Gasteiger partial charge on any atom is -0.460 e. The summed E-state index contributed by atoms with van der Waals surface area (Å²) in [5.41, 5.74) is 1.50. The molecular formula is C23H24FN5O3. The van der Waals surface area contributed by atoms with Gasteiger partial charge in [0.05, 0.1) is 29.7 Å². The Bertz CT molecular complexity index is 1060. The van der Waals surface area contributed by atoms with Crippen LogP contribution in [0.3, 0.4) is 0 Å². The average Bonchev–Trinajstić information content (AvgIpc) is 3.30. The zero-order valence-corrected chi connectivity index (χ0v) is 17.5. The van der Waals surface area contributed by atoms with Crippen LogP contribution in [0.5, 0.6) is 6.01 Å². The number of rotatable bonds is 4. The lowest BCUT2D eigenvalue weighted by Gasteiger charge is -2.45. The Kier molecular flexibility index (Phi) is 5.57. The van der Waals surface area contributed by atoms with Crippen molar-refractivity contribution in [1.29, 1.82) is 0 Å². The molecule has 1 aromatic carbocycles. The molecule has 1 N–H and O–H groups in total. The maximum absolute atomic E-state index is 13.3. The number of likely N-dealkylation sites (tertiary alicyclic amines) is 1. The molecule has 1 amide bonds. The molecule has 0 saturated carbocycles. The molecule has 4 heterocycles. The fraction of sp³-hybridized carbons (Fsp3) is 0.391. The Morgan fingerprint density at radius 2 is 1.94 bits per heavy atom. The van der Waals surface area contributed by atoms with Crippen LogP contribution in [0.2, 0.25) is 0 Å². The van der Waals surface area contributed by atoms with Crippen LogP contribution in [0, 0.1) is 5.82 Å². The van der Waals surface area contributed by atoms with Crippen LogP contribution in [0.15, 0.2) is 48.9 Å². The molecule has 166 valence electrons. The molecule has 1 unspecified atom stereocenters. The lowest BCUT2D eigenvalue weighted by atomic mass is 9.83. The Hall–Kier alpha value is -3.33. The third kappa shape index (κ3) is 4.20. The van der Waals surface area contributed by atoms with E-state index in [9.17, 15) is 9.18 Å². The number of aromatic nitrogens is 4. The first-order valence-corrected chi connectivity index (χ1v) is 10.8. The summed E-state index contributed by atoms with van der Waals surface area (Å²) in [6.07, 6.45) is 7.86. The first kappa shape index (κ1) is 20.6. The zero-order valence-electron chi connectivity index (χ0n) is 17.5. The summed E-state index contributed by atoms with van der Waals surface area (Å²) in [6.45, 7) is 1.78. The van der Waals surface area contributed by atoms with E-state index in [4.69, 9.17) is 9.47 Å². The van der Waals surface area contributed by atoms with E-state index < -0.39 is 0 Å². The van der Waals surface area contributed by atoms with Crippen molar-refractivity contribution in [2.45, 2.75) is 37.4 Å². The molecule has 0 bridgehead atoms. The summed E-state index contributed by atoms with van der Waals surface area (Å²) >= 11 is 0. The van der Waals surface area contributed by atoms with E-state index in [1.807, 2.05) is 4.90 Å². The second-order valence-electron chi connectivity index (χ2n) is 8.25. The van der Waals surface area contributed by atoms with Crippen molar-refractivity contribution in [3.63, 3.8) is 0 Å². The van der Waals surface area contributed by atoms with E-state index in [2.05, 4.69) is 20.2 Å². The lowest BCUT2D eigenvalue weighted by Crippen LogP contribution is -2.52. The molecule has 3 aromatic rings. The Balaban J connectivity index is 1.24. The highest BCUT2D eigenvalue weighted by atomic mass is 19.1. The SMILES string of the molecule is O=C(c1cn[nH]c1-c1ccc(F)cc1)N1CCC2(CC1)CC(Oc1ncccn1)CCO2. The summed E-state index contributed by atoms with van der Waals surface area (Å²) in [7, 11) is 0. The quantitative estimate of drug-likeness (QED) is 0.674. The van der Waals surface area contributed by atoms with Crippen LogP contribution in [0.4, 0.5) is 4.39 Å². The second-order valence-corrected chi connectivity index (χ2v) is 8.25. The molecule has 5 rings (SSSR count). The van der Waals surface area contributed by atoms with Gasteiger partial charge in [0.15, 0.2) is 0 Å². The third-order valence-electron chi connectivity index (χ3n) is 6.23. The molecule has 1 spiro atoms. The van der Waals surface area contributed by atoms with E-state index in [1.54, 1.807) is 30.6 Å². The number of aromatic amines is 1. The van der Waals surface area contributed by atoms with Crippen LogP contribution in [-0.2, 0) is 4.74 Å². The van der Waals surface area contributed by atoms with Gasteiger partial charge in [0.25, 0.3) is 5.91 Å². The van der Waals surface area contributed by atoms with Crippen molar-refractivity contribution in [1.82, 2.24) is 25.1 Å². The molecule has 2 aromatic heterocycles. The number of piperidine rings is 1. The van der Waals surface area contributed by atoms with Gasteiger partial charge in [-0.3, -0.25) is 9.89 Å². The largest absolute Gasteiger partial charge is 0.460 e. The van der Waals surface area contributed by atoms with Gasteiger partial charge in [-0.2, -0.15) is 5.10 Å². The maximum Gasteiger partial charge on any atom is 0.316 e. The number of hydrogen-bond donors (Lipinski definition) is 1. The number of benzene rings is 1. The van der Waals surface area contributed by atoms with Crippen molar-refractivity contribution in [3.8, 4) is 17.3 Å². The van der Waals surface area contributed by atoms with Crippen LogP contribution in [-0.4, -0.2) is 62.4 Å². The van der Waals surface area contributed by atoms with E-state index in [0.29, 0.717) is 37.0 Å². The number of nitrogens with zero attached hydrogens (tertiary/aromatic N) is 4. The molecule has 2 saturated heterocycles. The van der Waals surface area contributed by atoms with Gasteiger partial charge in [-0.15, -0.1) is 0 Å². The number of hydrogen-bond acceptors (Lipinski definition) is 6. The minimum atomic E-state index is -0.323. The second kappa shape index (κ2) is 8.66. The number of halogens is 1. The molecule has 8 nitrogen and oxygen atoms in total. The van der Waals surface area contributed by atoms with Crippen molar-refractivity contribution < 1.29 is 18.7 Å². The third-order valence-corrected chi connectivity index (χ3v) is 6.23. The number of carbonyl (C=O) groups excluding carboxylic acids is 1. The normalized spacial score (nSPS) is 20.3. The average molecular weight is 437 g/mol. The number of amides is 1. The molecule has 2 aliphatic heterocycles. The van der Waals surface area contributed by atoms with Crippen molar-refractivity contribution in [2.75, 3.05) is 19.7 Å². The number of H-pyrrole nitrogens is 1. The number of carbonyl (C=O) groups is 1. The van der Waals surface area contributed by atoms with Gasteiger partial charge in [0.1, 0.15) is 11.9 Å². The highest BCUT2D eigenvalue weighted by Gasteiger charge is 2.42. The summed E-state index contributed by atoms with van der Waals surface area (Å²) in [4.78, 5) is 23.3. The lowest BCUT2D eigenvalue weighted by molar-refractivity contribution is -0.136. The Labute approximate surface area is 184 Å². The molecule has 0 radical (unpaired) electrons. The molecule has 32 heavy (non-hydrogen) atoms. The van der Waals surface area contributed by atoms with Crippen molar-refractivity contribution in [3.05, 3.63) is 60.3 Å².